The maximum atomic E-state index is 13.6. The third-order valence-electron chi connectivity index (χ3n) is 6.95. The Morgan fingerprint density at radius 2 is 2.00 bits per heavy atom. The number of fused-ring (bicyclic) bond motifs is 1. The highest BCUT2D eigenvalue weighted by Gasteiger charge is 2.23. The fourth-order valence-electron chi connectivity index (χ4n) is 4.56. The lowest BCUT2D eigenvalue weighted by molar-refractivity contribution is -0.111. The Labute approximate surface area is 232 Å². The lowest BCUT2D eigenvalue weighted by Crippen LogP contribution is -2.29. The maximum Gasteiger partial charge on any atom is 0.248 e. The smallest absolute Gasteiger partial charge is 0.248 e. The van der Waals surface area contributed by atoms with Gasteiger partial charge in [-0.05, 0) is 68.8 Å². The second-order valence-electron chi connectivity index (χ2n) is 10.3. The van der Waals surface area contributed by atoms with Crippen molar-refractivity contribution in [3.8, 4) is 5.75 Å². The van der Waals surface area contributed by atoms with Crippen molar-refractivity contribution < 1.29 is 18.7 Å². The molecule has 0 unspecified atom stereocenters. The summed E-state index contributed by atoms with van der Waals surface area (Å²) >= 11 is 5.95. The predicted octanol–water partition coefficient (Wildman–Crippen LogP) is 5.81. The molecule has 2 N–H and O–H groups in total. The van der Waals surface area contributed by atoms with E-state index in [9.17, 15) is 9.18 Å². The number of hydrogen-bond donors (Lipinski definition) is 2. The molecule has 39 heavy (non-hydrogen) atoms. The summed E-state index contributed by atoms with van der Waals surface area (Å²) in [5, 5.41) is 6.82. The minimum Gasteiger partial charge on any atom is -0.491 e. The van der Waals surface area contributed by atoms with E-state index in [4.69, 9.17) is 21.1 Å². The SMILES string of the molecule is CN(CC=CC(=O)Nc1cc2c(Nc3ccc(F)c(Cl)c3)ncnc2cc1OCC1CC1)CC1CCOCC1. The molecule has 0 atom stereocenters. The van der Waals surface area contributed by atoms with Crippen LogP contribution in [0.1, 0.15) is 25.7 Å². The lowest BCUT2D eigenvalue weighted by Gasteiger charge is -2.26. The van der Waals surface area contributed by atoms with Crippen molar-refractivity contribution in [3.05, 3.63) is 59.7 Å². The summed E-state index contributed by atoms with van der Waals surface area (Å²) in [5.74, 6) is 1.48. The first-order chi connectivity index (χ1) is 18.9. The second kappa shape index (κ2) is 12.7. The number of anilines is 3. The van der Waals surface area contributed by atoms with Crippen LogP contribution in [-0.4, -0.2) is 60.7 Å². The van der Waals surface area contributed by atoms with Crippen LogP contribution < -0.4 is 15.4 Å². The van der Waals surface area contributed by atoms with Crippen molar-refractivity contribution in [2.45, 2.75) is 25.7 Å². The van der Waals surface area contributed by atoms with E-state index in [0.29, 0.717) is 58.8 Å². The predicted molar refractivity (Wildman–Crippen MR) is 151 cm³/mol. The Kier molecular flexibility index (Phi) is 8.91. The number of nitrogens with one attached hydrogen (secondary N) is 2. The average Bonchev–Trinajstić information content (AvgIpc) is 3.75. The summed E-state index contributed by atoms with van der Waals surface area (Å²) in [6, 6.07) is 7.97. The van der Waals surface area contributed by atoms with Gasteiger partial charge in [0.25, 0.3) is 0 Å². The Balaban J connectivity index is 1.31. The van der Waals surface area contributed by atoms with E-state index in [0.717, 1.165) is 45.4 Å². The van der Waals surface area contributed by atoms with E-state index in [-0.39, 0.29) is 10.9 Å². The Morgan fingerprint density at radius 1 is 1.18 bits per heavy atom. The molecule has 10 heteroatoms. The van der Waals surface area contributed by atoms with E-state index in [1.807, 2.05) is 12.1 Å². The second-order valence-corrected chi connectivity index (χ2v) is 10.7. The molecule has 1 saturated heterocycles. The summed E-state index contributed by atoms with van der Waals surface area (Å²) in [7, 11) is 2.06. The van der Waals surface area contributed by atoms with Crippen LogP contribution in [0.3, 0.4) is 0 Å². The van der Waals surface area contributed by atoms with Crippen LogP contribution in [0.4, 0.5) is 21.6 Å². The molecule has 206 valence electrons. The summed E-state index contributed by atoms with van der Waals surface area (Å²) in [4.78, 5) is 23.9. The van der Waals surface area contributed by atoms with Crippen LogP contribution in [0.25, 0.3) is 10.9 Å². The fourth-order valence-corrected chi connectivity index (χ4v) is 4.74. The van der Waals surface area contributed by atoms with Crippen LogP contribution in [-0.2, 0) is 9.53 Å². The van der Waals surface area contributed by atoms with Gasteiger partial charge in [0, 0.05) is 49.5 Å². The number of benzene rings is 2. The molecule has 5 rings (SSSR count). The van der Waals surface area contributed by atoms with E-state index < -0.39 is 5.82 Å². The molecule has 1 aliphatic carbocycles. The molecule has 3 aromatic rings. The quantitative estimate of drug-likeness (QED) is 0.290. The molecule has 1 aromatic heterocycles. The van der Waals surface area contributed by atoms with E-state index in [1.165, 1.54) is 18.5 Å². The van der Waals surface area contributed by atoms with Crippen molar-refractivity contribution in [1.82, 2.24) is 14.9 Å². The van der Waals surface area contributed by atoms with Gasteiger partial charge >= 0.3 is 0 Å². The van der Waals surface area contributed by atoms with Crippen LogP contribution in [0.5, 0.6) is 5.75 Å². The van der Waals surface area contributed by atoms with Gasteiger partial charge in [0.2, 0.25) is 5.91 Å². The average molecular weight is 554 g/mol. The highest BCUT2D eigenvalue weighted by atomic mass is 35.5. The van der Waals surface area contributed by atoms with Gasteiger partial charge in [-0.3, -0.25) is 4.79 Å². The third kappa shape index (κ3) is 7.65. The van der Waals surface area contributed by atoms with Gasteiger partial charge in [-0.1, -0.05) is 17.7 Å². The van der Waals surface area contributed by atoms with E-state index >= 15 is 0 Å². The molecule has 1 aliphatic heterocycles. The Hall–Kier alpha value is -3.27. The van der Waals surface area contributed by atoms with Crippen molar-refractivity contribution in [3.63, 3.8) is 0 Å². The fraction of sp³-hybridized carbons (Fsp3) is 0.414. The number of carbonyl (C=O) groups is 1. The standard InChI is InChI=1S/C29H33ClFN5O3/c1-36(16-19-8-11-38-12-9-19)10-2-3-28(37)35-26-14-22-25(15-27(26)39-17-20-4-5-20)32-18-33-29(22)34-21-6-7-24(31)23(30)13-21/h2-3,6-7,13-15,18-20H,4-5,8-12,16-17H2,1H3,(H,35,37)(H,32,33,34). The molecule has 2 aromatic carbocycles. The molecule has 2 fully saturated rings. The van der Waals surface area contributed by atoms with Gasteiger partial charge in [0.15, 0.2) is 0 Å². The number of halogens is 2. The van der Waals surface area contributed by atoms with E-state index in [1.54, 1.807) is 18.2 Å². The van der Waals surface area contributed by atoms with Gasteiger partial charge in [0.05, 0.1) is 22.8 Å². The van der Waals surface area contributed by atoms with E-state index in [2.05, 4.69) is 32.5 Å². The van der Waals surface area contributed by atoms with Gasteiger partial charge in [-0.2, -0.15) is 0 Å². The molecular weight excluding hydrogens is 521 g/mol. The number of aromatic nitrogens is 2. The normalized spacial score (nSPS) is 16.2. The Morgan fingerprint density at radius 3 is 2.77 bits per heavy atom. The Bertz CT molecular complexity index is 1340. The number of amides is 1. The molecule has 1 saturated carbocycles. The zero-order valence-corrected chi connectivity index (χ0v) is 22.7. The van der Waals surface area contributed by atoms with Crippen LogP contribution >= 0.6 is 11.6 Å². The van der Waals surface area contributed by atoms with Gasteiger partial charge in [-0.15, -0.1) is 0 Å². The van der Waals surface area contributed by atoms with Gasteiger partial charge in [-0.25, -0.2) is 14.4 Å². The van der Waals surface area contributed by atoms with Crippen LogP contribution in [0, 0.1) is 17.7 Å². The zero-order valence-electron chi connectivity index (χ0n) is 22.0. The minimum absolute atomic E-state index is 0.00673. The minimum atomic E-state index is -0.500. The number of nitrogens with zero attached hydrogens (tertiary/aromatic N) is 3. The molecule has 0 bridgehead atoms. The first-order valence-electron chi connectivity index (χ1n) is 13.3. The monoisotopic (exact) mass is 553 g/mol. The van der Waals surface area contributed by atoms with Crippen molar-refractivity contribution >= 4 is 45.6 Å². The summed E-state index contributed by atoms with van der Waals surface area (Å²) < 4.78 is 25.2. The largest absolute Gasteiger partial charge is 0.491 e. The zero-order chi connectivity index (χ0) is 27.2. The third-order valence-corrected chi connectivity index (χ3v) is 7.24. The van der Waals surface area contributed by atoms with Crippen molar-refractivity contribution in [1.29, 1.82) is 0 Å². The molecule has 1 amide bonds. The summed E-state index contributed by atoms with van der Waals surface area (Å²) in [6.07, 6.45) is 9.32. The van der Waals surface area contributed by atoms with Gasteiger partial charge in [0.1, 0.15) is 23.7 Å². The number of hydrogen-bond acceptors (Lipinski definition) is 7. The number of carbonyl (C=O) groups excluding carboxylic acids is 1. The first kappa shape index (κ1) is 27.3. The lowest BCUT2D eigenvalue weighted by atomic mass is 10.00. The molecule has 2 aliphatic rings. The highest BCUT2D eigenvalue weighted by molar-refractivity contribution is 6.31. The number of likely N-dealkylation sites (N-methyl/N-ethyl adjacent to an activating group) is 1. The first-order valence-corrected chi connectivity index (χ1v) is 13.7. The molecular formula is C29H33ClFN5O3. The molecule has 8 nitrogen and oxygen atoms in total. The van der Waals surface area contributed by atoms with Crippen molar-refractivity contribution in [2.24, 2.45) is 11.8 Å². The van der Waals surface area contributed by atoms with Crippen LogP contribution in [0.15, 0.2) is 48.8 Å². The van der Waals surface area contributed by atoms with Gasteiger partial charge < -0.3 is 25.0 Å². The van der Waals surface area contributed by atoms with Crippen LogP contribution in [0.2, 0.25) is 5.02 Å². The summed E-state index contributed by atoms with van der Waals surface area (Å²) in [6.45, 7) is 3.90. The summed E-state index contributed by atoms with van der Waals surface area (Å²) in [5.41, 5.74) is 1.76. The highest BCUT2D eigenvalue weighted by Crippen LogP contribution is 2.36. The topological polar surface area (TPSA) is 88.6 Å². The molecule has 2 heterocycles. The number of ether oxygens (including phenoxy) is 2. The molecule has 0 spiro atoms. The maximum absolute atomic E-state index is 13.6. The molecule has 0 radical (unpaired) electrons. The number of rotatable bonds is 11. The van der Waals surface area contributed by atoms with Crippen molar-refractivity contribution in [2.75, 3.05) is 50.6 Å².